The summed E-state index contributed by atoms with van der Waals surface area (Å²) in [6.07, 6.45) is 2.63. The van der Waals surface area contributed by atoms with E-state index in [-0.39, 0.29) is 18.1 Å². The van der Waals surface area contributed by atoms with E-state index in [0.717, 1.165) is 16.6 Å². The second-order valence-corrected chi connectivity index (χ2v) is 7.41. The molecule has 0 radical (unpaired) electrons. The van der Waals surface area contributed by atoms with E-state index in [1.54, 1.807) is 6.33 Å². The second-order valence-electron chi connectivity index (χ2n) is 7.41. The molecule has 0 bridgehead atoms. The molecule has 1 aromatic carbocycles. The van der Waals surface area contributed by atoms with Crippen LogP contribution in [0.4, 0.5) is 5.82 Å². The third-order valence-electron chi connectivity index (χ3n) is 5.82. The zero-order valence-corrected chi connectivity index (χ0v) is 15.3. The van der Waals surface area contributed by atoms with Gasteiger partial charge in [-0.3, -0.25) is 0 Å². The minimum Gasteiger partial charge on any atom is -0.392 e. The Morgan fingerprint density at radius 2 is 2.00 bits per heavy atom. The van der Waals surface area contributed by atoms with E-state index in [1.807, 2.05) is 41.0 Å². The summed E-state index contributed by atoms with van der Waals surface area (Å²) in [5, 5.41) is 16.2. The number of para-hydroxylation sites is 1. The van der Waals surface area contributed by atoms with Gasteiger partial charge >= 0.3 is 0 Å². The summed E-state index contributed by atoms with van der Waals surface area (Å²) < 4.78 is 1.90. The summed E-state index contributed by atoms with van der Waals surface area (Å²) in [6.45, 7) is 0. The minimum atomic E-state index is -0.615. The van der Waals surface area contributed by atoms with Gasteiger partial charge in [-0.15, -0.1) is 0 Å². The van der Waals surface area contributed by atoms with Crippen LogP contribution in [-0.4, -0.2) is 47.5 Å². The van der Waals surface area contributed by atoms with Gasteiger partial charge in [0.1, 0.15) is 17.6 Å². The number of nitrogen functional groups attached to an aromatic ring is 1. The van der Waals surface area contributed by atoms with Crippen molar-refractivity contribution >= 4 is 33.6 Å². The van der Waals surface area contributed by atoms with E-state index in [1.165, 1.54) is 6.33 Å². The molecule has 1 aliphatic heterocycles. The van der Waals surface area contributed by atoms with Gasteiger partial charge in [-0.1, -0.05) is 29.4 Å². The number of pyridine rings is 1. The molecule has 4 aromatic rings. The largest absolute Gasteiger partial charge is 0.392 e. The number of aromatic nitrogens is 5. The first-order valence-corrected chi connectivity index (χ1v) is 9.41. The van der Waals surface area contributed by atoms with Crippen molar-refractivity contribution in [2.24, 2.45) is 11.1 Å². The highest BCUT2D eigenvalue weighted by Crippen LogP contribution is 2.43. The molecule has 1 fully saturated rings. The van der Waals surface area contributed by atoms with Crippen LogP contribution in [0, 0.1) is 5.92 Å². The molecule has 29 heavy (non-hydrogen) atoms. The van der Waals surface area contributed by atoms with Gasteiger partial charge in [0.05, 0.1) is 35.6 Å². The maximum Gasteiger partial charge on any atom is 0.165 e. The Balaban J connectivity index is 1.38. The topological polar surface area (TPSA) is 124 Å². The first-order valence-electron chi connectivity index (χ1n) is 9.41. The number of aliphatic hydroxyl groups is 1. The van der Waals surface area contributed by atoms with Gasteiger partial charge in [0.15, 0.2) is 17.6 Å². The third kappa shape index (κ3) is 2.34. The molecule has 1 saturated carbocycles. The molecule has 9 nitrogen and oxygen atoms in total. The second kappa shape index (κ2) is 5.95. The van der Waals surface area contributed by atoms with Gasteiger partial charge in [0.25, 0.3) is 0 Å². The lowest BCUT2D eigenvalue weighted by molar-refractivity contribution is 0.0380. The number of nitrogens with two attached hydrogens (primary N) is 1. The van der Waals surface area contributed by atoms with Crippen molar-refractivity contribution < 1.29 is 9.94 Å². The number of imidazole rings is 1. The van der Waals surface area contributed by atoms with Gasteiger partial charge in [-0.2, -0.15) is 0 Å². The molecule has 4 heterocycles. The zero-order chi connectivity index (χ0) is 19.5. The summed E-state index contributed by atoms with van der Waals surface area (Å²) in [4.78, 5) is 23.2. The maximum atomic E-state index is 10.9. The molecule has 4 atom stereocenters. The molecule has 2 aliphatic rings. The number of anilines is 1. The Bertz CT molecular complexity index is 1280. The molecule has 3 N–H and O–H groups in total. The molecule has 3 aromatic heterocycles. The number of hydrogen-bond donors (Lipinski definition) is 2. The van der Waals surface area contributed by atoms with Crippen molar-refractivity contribution in [3.8, 4) is 0 Å². The quantitative estimate of drug-likeness (QED) is 0.536. The molecule has 1 aliphatic carbocycles. The van der Waals surface area contributed by atoms with Crippen LogP contribution in [-0.2, 0) is 4.84 Å². The molecule has 6 rings (SSSR count). The van der Waals surface area contributed by atoms with E-state index >= 15 is 0 Å². The van der Waals surface area contributed by atoms with Crippen molar-refractivity contribution in [2.75, 3.05) is 5.73 Å². The van der Waals surface area contributed by atoms with Crippen LogP contribution in [0.5, 0.6) is 0 Å². The lowest BCUT2D eigenvalue weighted by Gasteiger charge is -2.18. The van der Waals surface area contributed by atoms with Gasteiger partial charge in [0, 0.05) is 5.39 Å². The van der Waals surface area contributed by atoms with Gasteiger partial charge in [0.2, 0.25) is 0 Å². The van der Waals surface area contributed by atoms with Crippen molar-refractivity contribution in [2.45, 2.75) is 24.7 Å². The fourth-order valence-corrected chi connectivity index (χ4v) is 4.45. The normalized spacial score (nSPS) is 25.9. The van der Waals surface area contributed by atoms with Crippen LogP contribution >= 0.6 is 0 Å². The van der Waals surface area contributed by atoms with Crippen molar-refractivity contribution in [1.82, 2.24) is 24.5 Å². The first kappa shape index (κ1) is 16.4. The summed E-state index contributed by atoms with van der Waals surface area (Å²) in [5.74, 6) is 0.0544. The molecule has 144 valence electrons. The SMILES string of the molecule is Nc1ncnc2c1ncn2[C@@H]1C[C@H](O)[C@H]2C(c3ccc4ccccc4n3)=NO[C@H]21. The average Bonchev–Trinajstić information content (AvgIpc) is 3.44. The van der Waals surface area contributed by atoms with E-state index in [2.05, 4.69) is 20.1 Å². The Morgan fingerprint density at radius 1 is 1.10 bits per heavy atom. The lowest BCUT2D eigenvalue weighted by Crippen LogP contribution is -2.30. The predicted octanol–water partition coefficient (Wildman–Crippen LogP) is 1.68. The predicted molar refractivity (Wildman–Crippen MR) is 106 cm³/mol. The van der Waals surface area contributed by atoms with Gasteiger partial charge in [-0.05, 0) is 18.6 Å². The number of fused-ring (bicyclic) bond motifs is 3. The smallest absolute Gasteiger partial charge is 0.165 e. The Labute approximate surface area is 164 Å². The Hall–Kier alpha value is -3.59. The molecule has 9 heteroatoms. The van der Waals surface area contributed by atoms with Crippen molar-refractivity contribution in [3.63, 3.8) is 0 Å². The van der Waals surface area contributed by atoms with E-state index in [4.69, 9.17) is 15.6 Å². The lowest BCUT2D eigenvalue weighted by atomic mass is 9.95. The maximum absolute atomic E-state index is 10.9. The van der Waals surface area contributed by atoms with Gasteiger partial charge in [-0.25, -0.2) is 19.9 Å². The van der Waals surface area contributed by atoms with Crippen LogP contribution in [0.15, 0.2) is 54.2 Å². The summed E-state index contributed by atoms with van der Waals surface area (Å²) in [7, 11) is 0. The van der Waals surface area contributed by atoms with E-state index in [0.29, 0.717) is 29.1 Å². The molecular formula is C20H17N7O2. The van der Waals surface area contributed by atoms with Crippen LogP contribution in [0.1, 0.15) is 18.2 Å². The number of benzene rings is 1. The van der Waals surface area contributed by atoms with Crippen LogP contribution in [0.3, 0.4) is 0 Å². The van der Waals surface area contributed by atoms with Gasteiger partial charge < -0.3 is 20.2 Å². The van der Waals surface area contributed by atoms with Crippen LogP contribution in [0.2, 0.25) is 0 Å². The average molecular weight is 387 g/mol. The summed E-state index contributed by atoms with van der Waals surface area (Å²) in [6, 6.07) is 11.7. The monoisotopic (exact) mass is 387 g/mol. The number of oxime groups is 1. The summed E-state index contributed by atoms with van der Waals surface area (Å²) >= 11 is 0. The minimum absolute atomic E-state index is 0.170. The zero-order valence-electron chi connectivity index (χ0n) is 15.3. The number of hydrogen-bond acceptors (Lipinski definition) is 8. The standard InChI is InChI=1S/C20H17N7O2/c21-19-17-20(23-8-22-19)27(9-24-17)13-7-14(28)15-16(26-29-18(13)15)12-6-5-10-3-1-2-4-11(10)25-12/h1-6,8-9,13-15,18,28H,7H2,(H2,21,22,23)/t13-,14+,15+,18+/m1/s1. The fraction of sp³-hybridized carbons (Fsp3) is 0.250. The number of aliphatic hydroxyl groups excluding tert-OH is 1. The molecule has 0 unspecified atom stereocenters. The first-order chi connectivity index (χ1) is 14.2. The molecular weight excluding hydrogens is 370 g/mol. The van der Waals surface area contributed by atoms with E-state index in [9.17, 15) is 5.11 Å². The molecule has 0 saturated heterocycles. The summed E-state index contributed by atoms with van der Waals surface area (Å²) in [5.41, 5.74) is 9.35. The highest BCUT2D eigenvalue weighted by atomic mass is 16.6. The van der Waals surface area contributed by atoms with Crippen LogP contribution < -0.4 is 5.73 Å². The fourth-order valence-electron chi connectivity index (χ4n) is 4.45. The van der Waals surface area contributed by atoms with Crippen molar-refractivity contribution in [1.29, 1.82) is 0 Å². The number of rotatable bonds is 2. The highest BCUT2D eigenvalue weighted by Gasteiger charge is 2.52. The highest BCUT2D eigenvalue weighted by molar-refractivity contribution is 6.03. The Morgan fingerprint density at radius 3 is 2.93 bits per heavy atom. The van der Waals surface area contributed by atoms with E-state index < -0.39 is 6.10 Å². The molecule has 0 amide bonds. The third-order valence-corrected chi connectivity index (χ3v) is 5.82. The number of nitrogens with zero attached hydrogens (tertiary/aromatic N) is 6. The Kier molecular flexibility index (Phi) is 3.36. The molecule has 0 spiro atoms. The van der Waals surface area contributed by atoms with Crippen molar-refractivity contribution in [3.05, 3.63) is 54.7 Å². The van der Waals surface area contributed by atoms with Crippen LogP contribution in [0.25, 0.3) is 22.1 Å².